The summed E-state index contributed by atoms with van der Waals surface area (Å²) in [5, 5.41) is 14.4. The van der Waals surface area contributed by atoms with Crippen LogP contribution < -0.4 is 15.2 Å². The highest BCUT2D eigenvalue weighted by atomic mass is 19.1. The van der Waals surface area contributed by atoms with Gasteiger partial charge < -0.3 is 15.2 Å². The number of hydrogen-bond donors (Lipinski definition) is 1. The summed E-state index contributed by atoms with van der Waals surface area (Å²) in [6.07, 6.45) is 1.34. The van der Waals surface area contributed by atoms with Crippen LogP contribution in [0.2, 0.25) is 0 Å². The third-order valence-corrected chi connectivity index (χ3v) is 5.88. The monoisotopic (exact) mass is 435 g/mol. The first-order valence-corrected chi connectivity index (χ1v) is 10.2. The Morgan fingerprint density at radius 3 is 2.81 bits per heavy atom. The Labute approximate surface area is 184 Å². The number of fused-ring (bicyclic) bond motifs is 5. The van der Waals surface area contributed by atoms with Crippen molar-refractivity contribution in [1.29, 1.82) is 5.26 Å². The Morgan fingerprint density at radius 2 is 2.09 bits per heavy atom. The molecule has 1 unspecified atom stereocenters. The molecule has 1 fully saturated rings. The van der Waals surface area contributed by atoms with Gasteiger partial charge in [0.25, 0.3) is 5.88 Å². The second-order valence-corrected chi connectivity index (χ2v) is 8.43. The minimum atomic E-state index is -0.606. The number of hydrogen-bond acceptors (Lipinski definition) is 8. The lowest BCUT2D eigenvalue weighted by Gasteiger charge is -2.48. The van der Waals surface area contributed by atoms with Gasteiger partial charge in [0.15, 0.2) is 5.82 Å². The number of nitrogens with two attached hydrogens (primary N) is 1. The number of rotatable bonds is 0. The number of nitrogens with zero attached hydrogens (tertiary/aromatic N) is 6. The van der Waals surface area contributed by atoms with Gasteiger partial charge in [-0.15, -0.1) is 0 Å². The van der Waals surface area contributed by atoms with Gasteiger partial charge in [-0.3, -0.25) is 9.58 Å². The fourth-order valence-electron chi connectivity index (χ4n) is 4.54. The molecule has 0 saturated carbocycles. The molecule has 1 atom stereocenters. The molecule has 4 heterocycles. The minimum absolute atomic E-state index is 0.0950. The first-order chi connectivity index (χ1) is 15.3. The number of nitrogen functional groups attached to an aromatic ring is 1. The molecule has 2 aromatic heterocycles. The summed E-state index contributed by atoms with van der Waals surface area (Å²) in [5.41, 5.74) is 8.01. The maximum Gasteiger partial charge on any atom is 0.258 e. The largest absolute Gasteiger partial charge is 0.484 e. The molecule has 2 aliphatic rings. The number of anilines is 1. The van der Waals surface area contributed by atoms with Gasteiger partial charge >= 0.3 is 0 Å². The number of aromatic nitrogens is 4. The van der Waals surface area contributed by atoms with E-state index < -0.39 is 17.5 Å². The van der Waals surface area contributed by atoms with Crippen LogP contribution in [0.3, 0.4) is 0 Å². The fraction of sp³-hybridized carbons (Fsp3) is 0.364. The standard InChI is InChI=1S/C22H22FN7O2/c1-12-14-6-13(23)4-5-18(14)32-22(10-29(2)11-22)7-15-19(17(8-24)30(3)28-15)16-9-26-20(25)21(27-16)31-12/h4-6,9,12H,7,10-11H2,1-3H3,(H2,25,26). The summed E-state index contributed by atoms with van der Waals surface area (Å²) in [6, 6.07) is 6.58. The van der Waals surface area contributed by atoms with Crippen molar-refractivity contribution < 1.29 is 13.9 Å². The minimum Gasteiger partial charge on any atom is -0.484 e. The highest BCUT2D eigenvalue weighted by Gasteiger charge is 2.46. The maximum absolute atomic E-state index is 14.1. The molecule has 2 N–H and O–H groups in total. The second-order valence-electron chi connectivity index (χ2n) is 8.43. The normalized spacial score (nSPS) is 19.3. The van der Waals surface area contributed by atoms with Crippen LogP contribution in [0.4, 0.5) is 10.2 Å². The highest BCUT2D eigenvalue weighted by molar-refractivity contribution is 5.69. The quantitative estimate of drug-likeness (QED) is 0.572. The fourth-order valence-corrected chi connectivity index (χ4v) is 4.54. The van der Waals surface area contributed by atoms with E-state index in [2.05, 4.69) is 26.0 Å². The topological polar surface area (TPSA) is 115 Å². The predicted molar refractivity (Wildman–Crippen MR) is 113 cm³/mol. The lowest BCUT2D eigenvalue weighted by atomic mass is 9.87. The molecule has 1 saturated heterocycles. The molecule has 1 spiro atoms. The SMILES string of the molecule is CC1Oc2nc(cnc2N)-c2c(nn(C)c2C#N)CC2(CN(C)C2)Oc2ccc(F)cc21. The average molecular weight is 435 g/mol. The molecule has 10 heteroatoms. The van der Waals surface area contributed by atoms with Crippen molar-refractivity contribution in [2.75, 3.05) is 25.9 Å². The van der Waals surface area contributed by atoms with Gasteiger partial charge in [0.2, 0.25) is 0 Å². The Kier molecular flexibility index (Phi) is 4.53. The zero-order valence-electron chi connectivity index (χ0n) is 18.0. The summed E-state index contributed by atoms with van der Waals surface area (Å²) < 4.78 is 28.2. The number of likely N-dealkylation sites (tertiary alicyclic amines) is 1. The smallest absolute Gasteiger partial charge is 0.258 e. The summed E-state index contributed by atoms with van der Waals surface area (Å²) in [7, 11) is 3.71. The van der Waals surface area contributed by atoms with Crippen LogP contribution >= 0.6 is 0 Å². The summed E-state index contributed by atoms with van der Waals surface area (Å²) >= 11 is 0. The van der Waals surface area contributed by atoms with Gasteiger partial charge in [0.05, 0.1) is 23.1 Å². The van der Waals surface area contributed by atoms with Gasteiger partial charge in [-0.2, -0.15) is 10.4 Å². The molecule has 2 aliphatic heterocycles. The van der Waals surface area contributed by atoms with E-state index in [4.69, 9.17) is 15.2 Å². The van der Waals surface area contributed by atoms with Crippen molar-refractivity contribution in [2.24, 2.45) is 7.05 Å². The number of halogens is 1. The van der Waals surface area contributed by atoms with Crippen LogP contribution in [0, 0.1) is 17.1 Å². The van der Waals surface area contributed by atoms with E-state index in [1.54, 1.807) is 20.0 Å². The molecule has 1 aromatic carbocycles. The summed E-state index contributed by atoms with van der Waals surface area (Å²) in [5.74, 6) is 0.321. The van der Waals surface area contributed by atoms with Crippen molar-refractivity contribution in [2.45, 2.75) is 25.0 Å². The Balaban J connectivity index is 1.74. The third-order valence-electron chi connectivity index (χ3n) is 5.88. The Morgan fingerprint density at radius 1 is 1.31 bits per heavy atom. The molecule has 9 nitrogen and oxygen atoms in total. The van der Waals surface area contributed by atoms with Crippen LogP contribution in [0.25, 0.3) is 11.3 Å². The van der Waals surface area contributed by atoms with E-state index >= 15 is 0 Å². The molecule has 164 valence electrons. The summed E-state index contributed by atoms with van der Waals surface area (Å²) in [6.45, 7) is 3.07. The van der Waals surface area contributed by atoms with E-state index in [1.807, 2.05) is 7.05 Å². The van der Waals surface area contributed by atoms with Gasteiger partial charge in [-0.1, -0.05) is 0 Å². The number of nitriles is 1. The summed E-state index contributed by atoms with van der Waals surface area (Å²) in [4.78, 5) is 10.9. The van der Waals surface area contributed by atoms with Crippen molar-refractivity contribution in [3.05, 3.63) is 47.2 Å². The second kappa shape index (κ2) is 7.17. The zero-order chi connectivity index (χ0) is 22.6. The Bertz CT molecular complexity index is 1260. The molecule has 0 radical (unpaired) electrons. The van der Waals surface area contributed by atoms with Crippen LogP contribution in [0.15, 0.2) is 24.4 Å². The van der Waals surface area contributed by atoms with Crippen LogP contribution in [0.1, 0.15) is 30.0 Å². The average Bonchev–Trinajstić information content (AvgIpc) is 3.03. The van der Waals surface area contributed by atoms with Crippen molar-refractivity contribution in [1.82, 2.24) is 24.6 Å². The first kappa shape index (κ1) is 20.2. The van der Waals surface area contributed by atoms with Crippen molar-refractivity contribution in [3.8, 4) is 29.0 Å². The molecular formula is C22H22FN7O2. The molecule has 5 rings (SSSR count). The van der Waals surface area contributed by atoms with Gasteiger partial charge in [0.1, 0.15) is 35.0 Å². The highest BCUT2D eigenvalue weighted by Crippen LogP contribution is 2.39. The number of likely N-dealkylation sites (N-methyl/N-ethyl adjacent to an activating group) is 1. The maximum atomic E-state index is 14.1. The molecule has 2 bridgehead atoms. The van der Waals surface area contributed by atoms with Crippen molar-refractivity contribution in [3.63, 3.8) is 0 Å². The van der Waals surface area contributed by atoms with Gasteiger partial charge in [0, 0.05) is 32.1 Å². The van der Waals surface area contributed by atoms with Gasteiger partial charge in [-0.05, 0) is 32.2 Å². The van der Waals surface area contributed by atoms with Crippen LogP contribution in [-0.4, -0.2) is 50.4 Å². The number of benzene rings is 1. The van der Waals surface area contributed by atoms with Crippen LogP contribution in [-0.2, 0) is 13.5 Å². The Hall–Kier alpha value is -3.71. The molecule has 0 aliphatic carbocycles. The van der Waals surface area contributed by atoms with Crippen molar-refractivity contribution >= 4 is 5.82 Å². The lowest BCUT2D eigenvalue weighted by Crippen LogP contribution is -2.64. The number of ether oxygens (including phenoxy) is 2. The van der Waals surface area contributed by atoms with Gasteiger partial charge in [-0.25, -0.2) is 14.4 Å². The zero-order valence-corrected chi connectivity index (χ0v) is 18.0. The predicted octanol–water partition coefficient (Wildman–Crippen LogP) is 2.23. The van der Waals surface area contributed by atoms with E-state index in [1.165, 1.54) is 23.0 Å². The lowest BCUT2D eigenvalue weighted by molar-refractivity contribution is -0.0656. The number of aryl methyl sites for hydroxylation is 1. The van der Waals surface area contributed by atoms with E-state index in [0.717, 1.165) is 0 Å². The van der Waals surface area contributed by atoms with E-state index in [9.17, 15) is 9.65 Å². The molecular weight excluding hydrogens is 413 g/mol. The molecule has 3 aromatic rings. The third kappa shape index (κ3) is 3.22. The molecule has 32 heavy (non-hydrogen) atoms. The van der Waals surface area contributed by atoms with E-state index in [0.29, 0.717) is 53.5 Å². The molecule has 0 amide bonds. The van der Waals surface area contributed by atoms with E-state index in [-0.39, 0.29) is 11.7 Å². The first-order valence-electron chi connectivity index (χ1n) is 10.2. The van der Waals surface area contributed by atoms with Crippen LogP contribution in [0.5, 0.6) is 11.6 Å².